The lowest BCUT2D eigenvalue weighted by Gasteiger charge is -2.17. The highest BCUT2D eigenvalue weighted by Crippen LogP contribution is 2.20. The molecule has 1 aromatic rings. The van der Waals surface area contributed by atoms with Gasteiger partial charge in [-0.3, -0.25) is 0 Å². The number of ether oxygens (including phenoxy) is 1. The molecule has 0 bridgehead atoms. The summed E-state index contributed by atoms with van der Waals surface area (Å²) < 4.78 is 5.25. The van der Waals surface area contributed by atoms with E-state index in [1.54, 1.807) is 7.11 Å². The van der Waals surface area contributed by atoms with Gasteiger partial charge >= 0.3 is 0 Å². The van der Waals surface area contributed by atoms with Crippen LogP contribution in [0.5, 0.6) is 5.75 Å². The lowest BCUT2D eigenvalue weighted by Crippen LogP contribution is -2.20. The van der Waals surface area contributed by atoms with Crippen LogP contribution in [0.1, 0.15) is 30.4 Å². The van der Waals surface area contributed by atoms with Gasteiger partial charge in [-0.25, -0.2) is 0 Å². The van der Waals surface area contributed by atoms with Crippen molar-refractivity contribution in [1.29, 1.82) is 0 Å². The highest BCUT2D eigenvalue weighted by molar-refractivity contribution is 7.80. The van der Waals surface area contributed by atoms with Crippen LogP contribution >= 0.6 is 12.2 Å². The summed E-state index contributed by atoms with van der Waals surface area (Å²) in [4.78, 5) is 2.61. The summed E-state index contributed by atoms with van der Waals surface area (Å²) in [6, 6.07) is 5.93. The Balaban J connectivity index is 2.59. The molecular formula is C15H24N2O2S. The van der Waals surface area contributed by atoms with Crippen LogP contribution in [0.4, 0.5) is 0 Å². The molecule has 112 valence electrons. The Morgan fingerprint density at radius 1 is 1.35 bits per heavy atom. The molecule has 0 aliphatic carbocycles. The minimum Gasteiger partial charge on any atom is -0.496 e. The first-order valence-electron chi connectivity index (χ1n) is 6.84. The minimum atomic E-state index is 0.277. The molecule has 3 N–H and O–H groups in total. The number of hydrogen-bond acceptors (Lipinski definition) is 4. The standard InChI is InChI=1S/C15H24N2O2S/c1-17(8-4-3-5-9-18)11-12-6-7-14(19-2)13(10-12)15(16)20/h6-7,10,18H,3-5,8-9,11H2,1-2H3,(H2,16,20). The molecule has 0 fully saturated rings. The van der Waals surface area contributed by atoms with E-state index >= 15 is 0 Å². The second-order valence-corrected chi connectivity index (χ2v) is 5.36. The number of unbranched alkanes of at least 4 members (excludes halogenated alkanes) is 2. The van der Waals surface area contributed by atoms with E-state index < -0.39 is 0 Å². The lowest BCUT2D eigenvalue weighted by molar-refractivity contribution is 0.271. The highest BCUT2D eigenvalue weighted by Gasteiger charge is 2.08. The molecule has 0 atom stereocenters. The smallest absolute Gasteiger partial charge is 0.129 e. The second-order valence-electron chi connectivity index (χ2n) is 4.92. The van der Waals surface area contributed by atoms with Crippen LogP contribution in [0, 0.1) is 0 Å². The van der Waals surface area contributed by atoms with Gasteiger partial charge in [0, 0.05) is 13.2 Å². The zero-order valence-corrected chi connectivity index (χ0v) is 13.1. The average molecular weight is 296 g/mol. The van der Waals surface area contributed by atoms with Crippen molar-refractivity contribution in [2.24, 2.45) is 5.73 Å². The van der Waals surface area contributed by atoms with E-state index in [1.807, 2.05) is 18.2 Å². The van der Waals surface area contributed by atoms with Gasteiger partial charge in [-0.15, -0.1) is 0 Å². The third-order valence-corrected chi connectivity index (χ3v) is 3.40. The number of nitrogens with two attached hydrogens (primary N) is 1. The van der Waals surface area contributed by atoms with Crippen molar-refractivity contribution in [3.63, 3.8) is 0 Å². The van der Waals surface area contributed by atoms with Crippen LogP contribution in [0.3, 0.4) is 0 Å². The van der Waals surface area contributed by atoms with Crippen LogP contribution in [-0.4, -0.2) is 42.3 Å². The molecule has 0 aliphatic rings. The Labute approximate surface area is 126 Å². The summed E-state index contributed by atoms with van der Waals surface area (Å²) in [6.45, 7) is 2.13. The van der Waals surface area contributed by atoms with E-state index in [0.29, 0.717) is 10.7 Å². The summed E-state index contributed by atoms with van der Waals surface area (Å²) in [5, 5.41) is 8.75. The van der Waals surface area contributed by atoms with Crippen LogP contribution in [0.2, 0.25) is 0 Å². The predicted molar refractivity (Wildman–Crippen MR) is 86.2 cm³/mol. The van der Waals surface area contributed by atoms with Gasteiger partial charge in [0.25, 0.3) is 0 Å². The maximum Gasteiger partial charge on any atom is 0.129 e. The quantitative estimate of drug-likeness (QED) is 0.538. The van der Waals surface area contributed by atoms with Gasteiger partial charge in [-0.2, -0.15) is 0 Å². The third kappa shape index (κ3) is 5.45. The Morgan fingerprint density at radius 2 is 2.10 bits per heavy atom. The molecule has 0 saturated heterocycles. The number of rotatable bonds is 9. The number of thiocarbonyl (C=S) groups is 1. The number of methoxy groups -OCH3 is 1. The zero-order valence-electron chi connectivity index (χ0n) is 12.3. The molecule has 1 aromatic carbocycles. The van der Waals surface area contributed by atoms with E-state index in [2.05, 4.69) is 11.9 Å². The number of benzene rings is 1. The first kappa shape index (κ1) is 16.9. The molecule has 0 aromatic heterocycles. The van der Waals surface area contributed by atoms with E-state index in [9.17, 15) is 0 Å². The molecule has 20 heavy (non-hydrogen) atoms. The lowest BCUT2D eigenvalue weighted by atomic mass is 10.1. The normalized spacial score (nSPS) is 10.8. The van der Waals surface area contributed by atoms with Crippen molar-refractivity contribution in [1.82, 2.24) is 4.90 Å². The van der Waals surface area contributed by atoms with Crippen LogP contribution in [0.25, 0.3) is 0 Å². The van der Waals surface area contributed by atoms with Gasteiger partial charge in [0.1, 0.15) is 10.7 Å². The second kappa shape index (κ2) is 8.89. The Morgan fingerprint density at radius 3 is 2.70 bits per heavy atom. The molecule has 0 unspecified atom stereocenters. The molecular weight excluding hydrogens is 272 g/mol. The maximum absolute atomic E-state index is 8.75. The molecule has 0 saturated carbocycles. The Hall–Kier alpha value is -1.17. The van der Waals surface area contributed by atoms with Gasteiger partial charge in [0.05, 0.1) is 12.7 Å². The van der Waals surface area contributed by atoms with Gasteiger partial charge in [0.15, 0.2) is 0 Å². The molecule has 0 spiro atoms. The van der Waals surface area contributed by atoms with Crippen LogP contribution in [-0.2, 0) is 6.54 Å². The van der Waals surface area contributed by atoms with Gasteiger partial charge in [-0.05, 0) is 50.6 Å². The van der Waals surface area contributed by atoms with Crippen molar-refractivity contribution < 1.29 is 9.84 Å². The summed E-state index contributed by atoms with van der Waals surface area (Å²) in [7, 11) is 3.70. The average Bonchev–Trinajstić information content (AvgIpc) is 2.43. The van der Waals surface area contributed by atoms with Gasteiger partial charge in [0.2, 0.25) is 0 Å². The maximum atomic E-state index is 8.75. The molecule has 0 heterocycles. The number of aliphatic hydroxyl groups is 1. The molecule has 5 heteroatoms. The minimum absolute atomic E-state index is 0.277. The summed E-state index contributed by atoms with van der Waals surface area (Å²) in [5.74, 6) is 0.715. The third-order valence-electron chi connectivity index (χ3n) is 3.18. The van der Waals surface area contributed by atoms with E-state index in [4.69, 9.17) is 27.8 Å². The molecule has 0 amide bonds. The van der Waals surface area contributed by atoms with Crippen LogP contribution < -0.4 is 10.5 Å². The van der Waals surface area contributed by atoms with E-state index in [-0.39, 0.29) is 6.61 Å². The van der Waals surface area contributed by atoms with E-state index in [0.717, 1.165) is 37.9 Å². The topological polar surface area (TPSA) is 58.7 Å². The van der Waals surface area contributed by atoms with Crippen molar-refractivity contribution in [3.8, 4) is 5.75 Å². The van der Waals surface area contributed by atoms with Gasteiger partial charge < -0.3 is 20.5 Å². The van der Waals surface area contributed by atoms with Crippen LogP contribution in [0.15, 0.2) is 18.2 Å². The van der Waals surface area contributed by atoms with Crippen molar-refractivity contribution in [2.45, 2.75) is 25.8 Å². The Kier molecular flexibility index (Phi) is 7.51. The predicted octanol–water partition coefficient (Wildman–Crippen LogP) is 1.92. The van der Waals surface area contributed by atoms with Crippen molar-refractivity contribution in [2.75, 3.05) is 27.3 Å². The summed E-state index contributed by atoms with van der Waals surface area (Å²) in [6.07, 6.45) is 3.03. The fraction of sp³-hybridized carbons (Fsp3) is 0.533. The van der Waals surface area contributed by atoms with Crippen molar-refractivity contribution >= 4 is 17.2 Å². The first-order chi connectivity index (χ1) is 9.58. The molecule has 0 radical (unpaired) electrons. The number of hydrogen-bond donors (Lipinski definition) is 2. The monoisotopic (exact) mass is 296 g/mol. The SMILES string of the molecule is COc1ccc(CN(C)CCCCCO)cc1C(N)=S. The largest absolute Gasteiger partial charge is 0.496 e. The summed E-state index contributed by atoms with van der Waals surface area (Å²) in [5.41, 5.74) is 7.67. The van der Waals surface area contributed by atoms with E-state index in [1.165, 1.54) is 5.56 Å². The number of aliphatic hydroxyl groups excluding tert-OH is 1. The molecule has 0 aliphatic heterocycles. The highest BCUT2D eigenvalue weighted by atomic mass is 32.1. The Bertz CT molecular complexity index is 438. The molecule has 1 rings (SSSR count). The molecule has 4 nitrogen and oxygen atoms in total. The number of nitrogens with zero attached hydrogens (tertiary/aromatic N) is 1. The summed E-state index contributed by atoms with van der Waals surface area (Å²) >= 11 is 5.05. The fourth-order valence-corrected chi connectivity index (χ4v) is 2.27. The zero-order chi connectivity index (χ0) is 15.0. The first-order valence-corrected chi connectivity index (χ1v) is 7.25. The van der Waals surface area contributed by atoms with Gasteiger partial charge in [-0.1, -0.05) is 18.3 Å². The van der Waals surface area contributed by atoms with Crippen molar-refractivity contribution in [3.05, 3.63) is 29.3 Å². The fourth-order valence-electron chi connectivity index (χ4n) is 2.11.